The van der Waals surface area contributed by atoms with Crippen LogP contribution in [0, 0.1) is 6.92 Å². The predicted molar refractivity (Wildman–Crippen MR) is 171 cm³/mol. The average Bonchev–Trinajstić information content (AvgIpc) is 3.34. The second-order valence-electron chi connectivity index (χ2n) is 10.2. The summed E-state index contributed by atoms with van der Waals surface area (Å²) in [4.78, 5) is 0. The van der Waals surface area contributed by atoms with Crippen molar-refractivity contribution in [1.82, 2.24) is 0 Å². The Morgan fingerprint density at radius 2 is 0.875 bits per heavy atom. The molecule has 7 rings (SSSR count). The van der Waals surface area contributed by atoms with E-state index in [1.165, 1.54) is 61.2 Å². The van der Waals surface area contributed by atoms with E-state index in [-0.39, 0.29) is 0 Å². The first-order valence-corrected chi connectivity index (χ1v) is 14.3. The van der Waals surface area contributed by atoms with Crippen molar-refractivity contribution >= 4 is 0 Å². The van der Waals surface area contributed by atoms with Crippen LogP contribution in [-0.2, 0) is 5.41 Å². The van der Waals surface area contributed by atoms with Crippen molar-refractivity contribution in [3.63, 3.8) is 0 Å². The minimum atomic E-state index is -0.421. The van der Waals surface area contributed by atoms with Crippen LogP contribution in [-0.4, -0.2) is 0 Å². The normalized spacial score (nSPS) is 12.6. The highest BCUT2D eigenvalue weighted by Crippen LogP contribution is 2.56. The van der Waals surface area contributed by atoms with Gasteiger partial charge < -0.3 is 0 Å². The monoisotopic (exact) mass is 514 g/mol. The highest BCUT2D eigenvalue weighted by Gasteiger charge is 2.46. The maximum Gasteiger partial charge on any atom is 0.0713 e. The van der Waals surface area contributed by atoms with Gasteiger partial charge in [0.2, 0.25) is 0 Å². The van der Waals surface area contributed by atoms with Crippen molar-refractivity contribution in [3.05, 3.63) is 179 Å². The van der Waals surface area contributed by atoms with Gasteiger partial charge >= 0.3 is 0 Å². The van der Waals surface area contributed by atoms with Crippen LogP contribution >= 0.6 is 0 Å². The second-order valence-corrected chi connectivity index (χ2v) is 10.2. The molecule has 194 valence electrons. The Morgan fingerprint density at radius 1 is 0.375 bits per heavy atom. The molecule has 0 unspecified atom stereocenters. The average molecular weight is 515 g/mol. The fourth-order valence-corrected chi connectivity index (χ4v) is 6.37. The van der Waals surface area contributed by atoms with E-state index < -0.39 is 5.41 Å². The van der Waals surface area contributed by atoms with Crippen molar-refractivity contribution in [3.8, 4) is 33.4 Å². The first-order valence-electron chi connectivity index (χ1n) is 14.3. The molecule has 6 aromatic rings. The first-order chi connectivity index (χ1) is 19.8. The molecule has 0 aromatic heterocycles. The number of rotatable bonds is 4. The van der Waals surface area contributed by atoms with Gasteiger partial charge in [0, 0.05) is 0 Å². The maximum atomic E-state index is 2.43. The summed E-state index contributed by atoms with van der Waals surface area (Å²) >= 11 is 0. The van der Waals surface area contributed by atoms with Crippen LogP contribution in [0.25, 0.3) is 33.4 Å². The van der Waals surface area contributed by atoms with Crippen LogP contribution in [0.15, 0.2) is 152 Å². The topological polar surface area (TPSA) is 0 Å². The molecule has 0 spiro atoms. The fraction of sp³-hybridized carbons (Fsp3) is 0.100. The van der Waals surface area contributed by atoms with Crippen LogP contribution < -0.4 is 0 Å². The zero-order chi connectivity index (χ0) is 27.5. The zero-order valence-corrected chi connectivity index (χ0v) is 23.4. The van der Waals surface area contributed by atoms with Gasteiger partial charge in [0.05, 0.1) is 5.41 Å². The Morgan fingerprint density at radius 3 is 1.50 bits per heavy atom. The lowest BCUT2D eigenvalue weighted by atomic mass is 9.67. The summed E-state index contributed by atoms with van der Waals surface area (Å²) in [5.41, 5.74) is 13.8. The Kier molecular flexibility index (Phi) is 6.93. The van der Waals surface area contributed by atoms with E-state index in [0.29, 0.717) is 0 Å². The molecule has 0 bridgehead atoms. The van der Waals surface area contributed by atoms with E-state index in [1.54, 1.807) is 0 Å². The number of hydrogen-bond acceptors (Lipinski definition) is 0. The molecule has 0 aliphatic heterocycles. The van der Waals surface area contributed by atoms with Gasteiger partial charge in [-0.25, -0.2) is 0 Å². The Bertz CT molecular complexity index is 1710. The van der Waals surface area contributed by atoms with Crippen LogP contribution in [0.3, 0.4) is 0 Å². The Labute approximate surface area is 238 Å². The highest BCUT2D eigenvalue weighted by molar-refractivity contribution is 5.87. The van der Waals surface area contributed by atoms with Gasteiger partial charge in [-0.15, -0.1) is 0 Å². The molecule has 0 N–H and O–H groups in total. The third kappa shape index (κ3) is 4.08. The molecule has 0 heterocycles. The van der Waals surface area contributed by atoms with E-state index in [2.05, 4.69) is 159 Å². The van der Waals surface area contributed by atoms with E-state index in [1.807, 2.05) is 13.8 Å². The zero-order valence-electron chi connectivity index (χ0n) is 23.4. The van der Waals surface area contributed by atoms with Crippen molar-refractivity contribution in [2.24, 2.45) is 0 Å². The van der Waals surface area contributed by atoms with Crippen molar-refractivity contribution in [2.45, 2.75) is 26.2 Å². The van der Waals surface area contributed by atoms with Gasteiger partial charge in [0.15, 0.2) is 0 Å². The molecule has 0 amide bonds. The molecule has 1 aliphatic rings. The van der Waals surface area contributed by atoms with Gasteiger partial charge in [-0.05, 0) is 80.3 Å². The van der Waals surface area contributed by atoms with Gasteiger partial charge in [-0.3, -0.25) is 0 Å². The standard InChI is InChI=1S/C38H28.C2H6/c1-27-23-24-32(26-35(27)29-15-6-3-7-16-29)38(31-18-12-17-30(25-31)28-13-4-2-5-14-28)36-21-10-8-19-33(36)34-20-9-11-22-37(34)38;1-2/h2-26H,1H3;1-2H3. The highest BCUT2D eigenvalue weighted by atomic mass is 14.5. The van der Waals surface area contributed by atoms with Crippen molar-refractivity contribution < 1.29 is 0 Å². The molecule has 0 fully saturated rings. The van der Waals surface area contributed by atoms with Crippen LogP contribution in [0.4, 0.5) is 0 Å². The number of hydrogen-bond donors (Lipinski definition) is 0. The van der Waals surface area contributed by atoms with Crippen molar-refractivity contribution in [1.29, 1.82) is 0 Å². The van der Waals surface area contributed by atoms with Crippen molar-refractivity contribution in [2.75, 3.05) is 0 Å². The third-order valence-corrected chi connectivity index (χ3v) is 8.11. The lowest BCUT2D eigenvalue weighted by Crippen LogP contribution is -2.28. The van der Waals surface area contributed by atoms with Gasteiger partial charge in [0.25, 0.3) is 0 Å². The van der Waals surface area contributed by atoms with E-state index in [0.717, 1.165) is 0 Å². The van der Waals surface area contributed by atoms with E-state index in [4.69, 9.17) is 0 Å². The molecule has 0 saturated carbocycles. The molecule has 1 aliphatic carbocycles. The molecule has 0 atom stereocenters. The SMILES string of the molecule is CC.Cc1ccc(C2(c3cccc(-c4ccccc4)c3)c3ccccc3-c3ccccc32)cc1-c1ccccc1. The Hall–Kier alpha value is -4.68. The second kappa shape index (κ2) is 10.8. The molecule has 0 radical (unpaired) electrons. The molecule has 40 heavy (non-hydrogen) atoms. The minimum Gasteiger partial charge on any atom is -0.0683 e. The minimum absolute atomic E-state index is 0.421. The summed E-state index contributed by atoms with van der Waals surface area (Å²) in [5, 5.41) is 0. The molecule has 6 aromatic carbocycles. The van der Waals surface area contributed by atoms with Gasteiger partial charge in [-0.2, -0.15) is 0 Å². The van der Waals surface area contributed by atoms with Gasteiger partial charge in [0.1, 0.15) is 0 Å². The lowest BCUT2D eigenvalue weighted by molar-refractivity contribution is 0.768. The quantitative estimate of drug-likeness (QED) is 0.219. The van der Waals surface area contributed by atoms with E-state index >= 15 is 0 Å². The summed E-state index contributed by atoms with van der Waals surface area (Å²) < 4.78 is 0. The van der Waals surface area contributed by atoms with Gasteiger partial charge in [-0.1, -0.05) is 153 Å². The molecule has 0 saturated heterocycles. The Balaban J connectivity index is 0.00000142. The summed E-state index contributed by atoms with van der Waals surface area (Å²) in [6.07, 6.45) is 0. The maximum absolute atomic E-state index is 2.43. The third-order valence-electron chi connectivity index (χ3n) is 8.11. The summed E-state index contributed by atoms with van der Waals surface area (Å²) in [5.74, 6) is 0. The molecular formula is C40H34. The molecule has 0 heteroatoms. The molecular weight excluding hydrogens is 480 g/mol. The smallest absolute Gasteiger partial charge is 0.0683 e. The van der Waals surface area contributed by atoms with Crippen LogP contribution in [0.5, 0.6) is 0 Å². The summed E-state index contributed by atoms with van der Waals surface area (Å²) in [6.45, 7) is 6.21. The van der Waals surface area contributed by atoms with E-state index in [9.17, 15) is 0 Å². The first kappa shape index (κ1) is 25.6. The molecule has 0 nitrogen and oxygen atoms in total. The predicted octanol–water partition coefficient (Wildman–Crippen LogP) is 10.7. The number of aryl methyl sites for hydroxylation is 1. The number of fused-ring (bicyclic) bond motifs is 3. The fourth-order valence-electron chi connectivity index (χ4n) is 6.37. The summed E-state index contributed by atoms with van der Waals surface area (Å²) in [6, 6.07) is 55.6. The summed E-state index contributed by atoms with van der Waals surface area (Å²) in [7, 11) is 0. The lowest BCUT2D eigenvalue weighted by Gasteiger charge is -2.34. The van der Waals surface area contributed by atoms with Crippen LogP contribution in [0.2, 0.25) is 0 Å². The number of benzene rings is 6. The van der Waals surface area contributed by atoms with Crippen LogP contribution in [0.1, 0.15) is 41.7 Å². The largest absolute Gasteiger partial charge is 0.0713 e.